The normalized spacial score (nSPS) is 16.8. The quantitative estimate of drug-likeness (QED) is 0.799. The molecule has 1 N–H and O–H groups in total. The smallest absolute Gasteiger partial charge is 0.168 e. The van der Waals surface area contributed by atoms with Crippen LogP contribution in [0, 0.1) is 0 Å². The third-order valence-corrected chi connectivity index (χ3v) is 3.30. The lowest BCUT2D eigenvalue weighted by molar-refractivity contribution is 0.111. The van der Waals surface area contributed by atoms with E-state index >= 15 is 0 Å². The summed E-state index contributed by atoms with van der Waals surface area (Å²) in [5.74, 6) is 0.936. The molecule has 1 aliphatic rings. The summed E-state index contributed by atoms with van der Waals surface area (Å²) in [5.41, 5.74) is 1.55. The minimum absolute atomic E-state index is 0.597. The molecule has 0 amide bonds. The first-order valence-corrected chi connectivity index (χ1v) is 6.28. The standard InChI is InChI=1S/C13H16N4O/c18-10-12-3-2-11-4-5-13(15-17(11)12)16-8-1-6-14-7-9-16/h2-5,10,14H,1,6-9H2. The monoisotopic (exact) mass is 244 g/mol. The van der Waals surface area contributed by atoms with E-state index in [1.54, 1.807) is 10.6 Å². The fraction of sp³-hybridized carbons (Fsp3) is 0.385. The molecule has 1 saturated heterocycles. The van der Waals surface area contributed by atoms with Gasteiger partial charge in [-0.05, 0) is 37.2 Å². The van der Waals surface area contributed by atoms with Crippen LogP contribution in [-0.4, -0.2) is 42.1 Å². The maximum absolute atomic E-state index is 10.9. The second-order valence-electron chi connectivity index (χ2n) is 4.49. The van der Waals surface area contributed by atoms with E-state index in [9.17, 15) is 4.79 Å². The van der Waals surface area contributed by atoms with Gasteiger partial charge in [0.2, 0.25) is 0 Å². The molecule has 3 heterocycles. The first-order chi connectivity index (χ1) is 8.88. The van der Waals surface area contributed by atoms with Crippen LogP contribution in [0.1, 0.15) is 16.9 Å². The van der Waals surface area contributed by atoms with Crippen LogP contribution in [0.2, 0.25) is 0 Å². The zero-order chi connectivity index (χ0) is 12.4. The van der Waals surface area contributed by atoms with Crippen LogP contribution in [0.25, 0.3) is 5.52 Å². The molecule has 94 valence electrons. The Morgan fingerprint density at radius 1 is 1.17 bits per heavy atom. The van der Waals surface area contributed by atoms with Gasteiger partial charge in [-0.25, -0.2) is 4.52 Å². The van der Waals surface area contributed by atoms with Crippen molar-refractivity contribution in [3.05, 3.63) is 30.0 Å². The van der Waals surface area contributed by atoms with Gasteiger partial charge in [-0.15, -0.1) is 5.10 Å². The van der Waals surface area contributed by atoms with Gasteiger partial charge in [-0.3, -0.25) is 4.79 Å². The Hall–Kier alpha value is -1.88. The Labute approximate surface area is 105 Å². The van der Waals surface area contributed by atoms with Crippen molar-refractivity contribution in [1.82, 2.24) is 14.9 Å². The van der Waals surface area contributed by atoms with Crippen LogP contribution in [0.15, 0.2) is 24.3 Å². The van der Waals surface area contributed by atoms with Crippen molar-refractivity contribution < 1.29 is 4.79 Å². The minimum Gasteiger partial charge on any atom is -0.354 e. The third-order valence-electron chi connectivity index (χ3n) is 3.30. The van der Waals surface area contributed by atoms with Gasteiger partial charge in [0.05, 0.1) is 5.52 Å². The van der Waals surface area contributed by atoms with Crippen LogP contribution in [0.4, 0.5) is 5.82 Å². The molecule has 0 radical (unpaired) electrons. The maximum Gasteiger partial charge on any atom is 0.168 e. The summed E-state index contributed by atoms with van der Waals surface area (Å²) in [7, 11) is 0. The van der Waals surface area contributed by atoms with Crippen molar-refractivity contribution in [2.24, 2.45) is 0 Å². The van der Waals surface area contributed by atoms with Crippen molar-refractivity contribution in [1.29, 1.82) is 0 Å². The van der Waals surface area contributed by atoms with E-state index < -0.39 is 0 Å². The molecule has 5 nitrogen and oxygen atoms in total. The average Bonchev–Trinajstić information content (AvgIpc) is 2.62. The molecule has 5 heteroatoms. The van der Waals surface area contributed by atoms with Crippen LogP contribution in [0.3, 0.4) is 0 Å². The average molecular weight is 244 g/mol. The molecule has 0 spiro atoms. The lowest BCUT2D eigenvalue weighted by Gasteiger charge is -2.20. The maximum atomic E-state index is 10.9. The highest BCUT2D eigenvalue weighted by Gasteiger charge is 2.12. The number of fused-ring (bicyclic) bond motifs is 1. The summed E-state index contributed by atoms with van der Waals surface area (Å²) >= 11 is 0. The van der Waals surface area contributed by atoms with E-state index in [2.05, 4.69) is 15.3 Å². The Kier molecular flexibility index (Phi) is 2.98. The van der Waals surface area contributed by atoms with E-state index in [1.807, 2.05) is 18.2 Å². The Balaban J connectivity index is 1.98. The van der Waals surface area contributed by atoms with Crippen molar-refractivity contribution >= 4 is 17.6 Å². The fourth-order valence-electron chi connectivity index (χ4n) is 2.33. The van der Waals surface area contributed by atoms with E-state index in [4.69, 9.17) is 0 Å². The summed E-state index contributed by atoms with van der Waals surface area (Å²) in [4.78, 5) is 13.2. The molecule has 0 atom stereocenters. The van der Waals surface area contributed by atoms with E-state index in [0.29, 0.717) is 5.69 Å². The predicted octanol–water partition coefficient (Wildman–Crippen LogP) is 0.946. The summed E-state index contributed by atoms with van der Waals surface area (Å²) in [6.07, 6.45) is 1.96. The number of rotatable bonds is 2. The van der Waals surface area contributed by atoms with Gasteiger partial charge in [-0.2, -0.15) is 0 Å². The molecular weight excluding hydrogens is 228 g/mol. The van der Waals surface area contributed by atoms with Gasteiger partial charge in [0.1, 0.15) is 11.5 Å². The molecule has 0 aliphatic carbocycles. The molecule has 0 unspecified atom stereocenters. The number of carbonyl (C=O) groups excluding carboxylic acids is 1. The summed E-state index contributed by atoms with van der Waals surface area (Å²) in [6.45, 7) is 3.99. The van der Waals surface area contributed by atoms with Crippen molar-refractivity contribution in [3.63, 3.8) is 0 Å². The number of nitrogens with zero attached hydrogens (tertiary/aromatic N) is 3. The number of nitrogens with one attached hydrogen (secondary N) is 1. The van der Waals surface area contributed by atoms with Crippen molar-refractivity contribution in [2.75, 3.05) is 31.1 Å². The molecule has 2 aromatic rings. The number of aromatic nitrogens is 2. The number of hydrogen-bond acceptors (Lipinski definition) is 4. The highest BCUT2D eigenvalue weighted by molar-refractivity contribution is 5.75. The summed E-state index contributed by atoms with van der Waals surface area (Å²) < 4.78 is 1.71. The SMILES string of the molecule is O=Cc1ccc2ccc(N3CCCNCC3)nn12. The molecule has 2 aromatic heterocycles. The molecule has 1 fully saturated rings. The fourth-order valence-corrected chi connectivity index (χ4v) is 2.33. The Morgan fingerprint density at radius 3 is 2.94 bits per heavy atom. The zero-order valence-electron chi connectivity index (χ0n) is 10.2. The highest BCUT2D eigenvalue weighted by atomic mass is 16.1. The molecule has 0 saturated carbocycles. The van der Waals surface area contributed by atoms with Crippen molar-refractivity contribution in [3.8, 4) is 0 Å². The summed E-state index contributed by atoms with van der Waals surface area (Å²) in [6, 6.07) is 7.73. The molecule has 18 heavy (non-hydrogen) atoms. The highest BCUT2D eigenvalue weighted by Crippen LogP contribution is 2.15. The topological polar surface area (TPSA) is 49.6 Å². The molecule has 1 aliphatic heterocycles. The number of carbonyl (C=O) groups is 1. The van der Waals surface area contributed by atoms with Crippen LogP contribution in [0.5, 0.6) is 0 Å². The first-order valence-electron chi connectivity index (χ1n) is 6.28. The van der Waals surface area contributed by atoms with E-state index in [0.717, 1.165) is 50.2 Å². The molecular formula is C13H16N4O. The van der Waals surface area contributed by atoms with Gasteiger partial charge < -0.3 is 10.2 Å². The first kappa shape index (κ1) is 11.2. The van der Waals surface area contributed by atoms with Crippen LogP contribution >= 0.6 is 0 Å². The van der Waals surface area contributed by atoms with Gasteiger partial charge in [-0.1, -0.05) is 0 Å². The van der Waals surface area contributed by atoms with Gasteiger partial charge in [0.25, 0.3) is 0 Å². The lowest BCUT2D eigenvalue weighted by atomic mass is 10.3. The number of aldehydes is 1. The van der Waals surface area contributed by atoms with Crippen LogP contribution in [-0.2, 0) is 0 Å². The van der Waals surface area contributed by atoms with Crippen LogP contribution < -0.4 is 10.2 Å². The largest absolute Gasteiger partial charge is 0.354 e. The van der Waals surface area contributed by atoms with Gasteiger partial charge >= 0.3 is 0 Å². The third kappa shape index (κ3) is 1.97. The minimum atomic E-state index is 0.597. The van der Waals surface area contributed by atoms with Gasteiger partial charge in [0, 0.05) is 19.6 Å². The number of hydrogen-bond donors (Lipinski definition) is 1. The van der Waals surface area contributed by atoms with Gasteiger partial charge in [0.15, 0.2) is 6.29 Å². The lowest BCUT2D eigenvalue weighted by Crippen LogP contribution is -2.29. The predicted molar refractivity (Wildman–Crippen MR) is 70.3 cm³/mol. The molecule has 0 bridgehead atoms. The van der Waals surface area contributed by atoms with E-state index in [1.165, 1.54) is 0 Å². The second-order valence-corrected chi connectivity index (χ2v) is 4.49. The summed E-state index contributed by atoms with van der Waals surface area (Å²) in [5, 5.41) is 7.92. The Bertz CT molecular complexity index is 555. The zero-order valence-corrected chi connectivity index (χ0v) is 10.2. The van der Waals surface area contributed by atoms with Crippen molar-refractivity contribution in [2.45, 2.75) is 6.42 Å². The second kappa shape index (κ2) is 4.78. The molecule has 0 aromatic carbocycles. The molecule has 3 rings (SSSR count). The number of anilines is 1. The van der Waals surface area contributed by atoms with E-state index in [-0.39, 0.29) is 0 Å². The Morgan fingerprint density at radius 2 is 2.06 bits per heavy atom.